The van der Waals surface area contributed by atoms with Gasteiger partial charge < -0.3 is 20.3 Å². The summed E-state index contributed by atoms with van der Waals surface area (Å²) in [6, 6.07) is 0. The Kier molecular flexibility index (Phi) is 21.9. The van der Waals surface area contributed by atoms with Gasteiger partial charge in [0, 0.05) is 44.7 Å². The zero-order valence-electron chi connectivity index (χ0n) is 26.1. The van der Waals surface area contributed by atoms with Gasteiger partial charge in [-0.25, -0.2) is 0 Å². The summed E-state index contributed by atoms with van der Waals surface area (Å²) in [6.45, 7) is 34.1. The zero-order chi connectivity index (χ0) is 28.3. The van der Waals surface area contributed by atoms with Gasteiger partial charge >= 0.3 is 0 Å². The molecule has 0 atom stereocenters. The second-order valence-corrected chi connectivity index (χ2v) is 12.8. The lowest BCUT2D eigenvalue weighted by Crippen LogP contribution is -2.46. The van der Waals surface area contributed by atoms with Crippen molar-refractivity contribution in [3.8, 4) is 0 Å². The molecule has 0 unspecified atom stereocenters. The Hall–Kier alpha value is -1.14. The highest BCUT2D eigenvalue weighted by atomic mass is 16.5. The summed E-state index contributed by atoms with van der Waals surface area (Å²) in [5, 5.41) is 6.25. The second-order valence-electron chi connectivity index (χ2n) is 12.8. The van der Waals surface area contributed by atoms with Crippen molar-refractivity contribution in [2.24, 2.45) is 17.3 Å². The number of hydrogen-bond donors (Lipinski definition) is 2. The molecule has 0 bridgehead atoms. The minimum absolute atomic E-state index is 0.0366. The first kappa shape index (κ1) is 38.4. The number of hydrogen-bond acceptors (Lipinski definition) is 4. The first-order valence-electron chi connectivity index (χ1n) is 13.7. The highest BCUT2D eigenvalue weighted by molar-refractivity contribution is 5.76. The smallest absolute Gasteiger partial charge is 0.220 e. The number of rotatable bonds is 8. The van der Waals surface area contributed by atoms with E-state index < -0.39 is 0 Å². The molecule has 0 spiro atoms. The van der Waals surface area contributed by atoms with Gasteiger partial charge in [-0.05, 0) is 64.7 Å². The molecule has 1 fully saturated rings. The number of nitrogens with zero attached hydrogens (tertiary/aromatic N) is 1. The summed E-state index contributed by atoms with van der Waals surface area (Å²) < 4.78 is 5.54. The van der Waals surface area contributed by atoms with Crippen molar-refractivity contribution in [3.05, 3.63) is 0 Å². The fourth-order valence-electron chi connectivity index (χ4n) is 3.56. The standard InChI is InChI=1S/C13H27NO.C9H20O.C5H10N2O.C2H6/c1-10(2)8-11(15)14-13(6,7)9-12(3,4)5;1-8(2)6-7-10-9(3,4)5;8-5-7-3-1-6-2-4-7;1-2/h10H,8-9H2,1-7H3,(H,14,15);8H,6-7H2,1-5H3;5-6H,1-4H2;1-2H3. The van der Waals surface area contributed by atoms with Crippen molar-refractivity contribution >= 4 is 12.3 Å². The van der Waals surface area contributed by atoms with Gasteiger partial charge in [0.1, 0.15) is 0 Å². The average molecular weight is 502 g/mol. The predicted molar refractivity (Wildman–Crippen MR) is 153 cm³/mol. The second kappa shape index (κ2) is 20.0. The topological polar surface area (TPSA) is 70.7 Å². The molecule has 6 nitrogen and oxygen atoms in total. The van der Waals surface area contributed by atoms with E-state index in [-0.39, 0.29) is 22.5 Å². The van der Waals surface area contributed by atoms with Crippen molar-refractivity contribution in [1.82, 2.24) is 15.5 Å². The lowest BCUT2D eigenvalue weighted by molar-refractivity contribution is -0.123. The molecular weight excluding hydrogens is 438 g/mol. The van der Waals surface area contributed by atoms with E-state index in [1.807, 2.05) is 13.8 Å². The minimum atomic E-state index is -0.107. The van der Waals surface area contributed by atoms with E-state index in [2.05, 4.69) is 93.7 Å². The van der Waals surface area contributed by atoms with Crippen LogP contribution in [0.5, 0.6) is 0 Å². The molecule has 0 radical (unpaired) electrons. The number of piperazine rings is 1. The van der Waals surface area contributed by atoms with Crippen molar-refractivity contribution in [1.29, 1.82) is 0 Å². The van der Waals surface area contributed by atoms with E-state index in [0.717, 1.165) is 58.0 Å². The maximum atomic E-state index is 11.6. The lowest BCUT2D eigenvalue weighted by atomic mass is 9.81. The molecule has 212 valence electrons. The third kappa shape index (κ3) is 32.9. The molecule has 6 heteroatoms. The molecule has 2 amide bonds. The van der Waals surface area contributed by atoms with Crippen LogP contribution in [0.25, 0.3) is 0 Å². The third-order valence-corrected chi connectivity index (χ3v) is 4.57. The summed E-state index contributed by atoms with van der Waals surface area (Å²) in [5.74, 6) is 1.34. The molecule has 0 aromatic rings. The van der Waals surface area contributed by atoms with Gasteiger partial charge in [0.15, 0.2) is 0 Å². The SMILES string of the molecule is CC.CC(C)CC(=O)NC(C)(C)CC(C)(C)C.CC(C)CCOC(C)(C)C.O=CN1CCNCC1. The molecule has 1 heterocycles. The lowest BCUT2D eigenvalue weighted by Gasteiger charge is -2.33. The molecule has 2 N–H and O–H groups in total. The Morgan fingerprint density at radius 1 is 0.943 bits per heavy atom. The molecular formula is C29H63N3O3. The van der Waals surface area contributed by atoms with Crippen LogP contribution in [0.4, 0.5) is 0 Å². The molecule has 0 aliphatic carbocycles. The Balaban J connectivity index is -0.000000444. The highest BCUT2D eigenvalue weighted by Gasteiger charge is 2.26. The molecule has 1 aliphatic rings. The normalized spacial score (nSPS) is 14.1. The Labute approximate surface area is 219 Å². The molecule has 0 aromatic heterocycles. The van der Waals surface area contributed by atoms with E-state index >= 15 is 0 Å². The quantitative estimate of drug-likeness (QED) is 0.384. The first-order chi connectivity index (χ1) is 15.9. The van der Waals surface area contributed by atoms with Crippen LogP contribution >= 0.6 is 0 Å². The van der Waals surface area contributed by atoms with Crippen LogP contribution < -0.4 is 10.6 Å². The van der Waals surface area contributed by atoms with Crippen LogP contribution in [0.3, 0.4) is 0 Å². The number of nitrogens with one attached hydrogen (secondary N) is 2. The predicted octanol–water partition coefficient (Wildman–Crippen LogP) is 6.29. The number of carbonyl (C=O) groups is 2. The van der Waals surface area contributed by atoms with Gasteiger partial charge in [0.05, 0.1) is 5.60 Å². The van der Waals surface area contributed by atoms with Crippen LogP contribution in [0.1, 0.15) is 116 Å². The maximum Gasteiger partial charge on any atom is 0.220 e. The van der Waals surface area contributed by atoms with E-state index in [1.165, 1.54) is 0 Å². The van der Waals surface area contributed by atoms with Gasteiger partial charge in [-0.2, -0.15) is 0 Å². The van der Waals surface area contributed by atoms with Crippen molar-refractivity contribution in [3.63, 3.8) is 0 Å². The fraction of sp³-hybridized carbons (Fsp3) is 0.931. The highest BCUT2D eigenvalue weighted by Crippen LogP contribution is 2.26. The number of carbonyl (C=O) groups excluding carboxylic acids is 2. The van der Waals surface area contributed by atoms with Crippen molar-refractivity contribution < 1.29 is 14.3 Å². The molecule has 1 saturated heterocycles. The summed E-state index contributed by atoms with van der Waals surface area (Å²) in [5.41, 5.74) is 0.174. The Morgan fingerprint density at radius 2 is 1.43 bits per heavy atom. The maximum absolute atomic E-state index is 11.6. The average Bonchev–Trinajstić information content (AvgIpc) is 2.66. The Morgan fingerprint density at radius 3 is 1.74 bits per heavy atom. The van der Waals surface area contributed by atoms with Gasteiger partial charge in [-0.1, -0.05) is 62.3 Å². The fourth-order valence-corrected chi connectivity index (χ4v) is 3.56. The van der Waals surface area contributed by atoms with Gasteiger partial charge in [0.2, 0.25) is 12.3 Å². The van der Waals surface area contributed by atoms with Crippen LogP contribution in [0.15, 0.2) is 0 Å². The molecule has 1 aliphatic heterocycles. The summed E-state index contributed by atoms with van der Waals surface area (Å²) in [4.78, 5) is 23.5. The Bertz CT molecular complexity index is 512. The molecule has 0 saturated carbocycles. The van der Waals surface area contributed by atoms with Crippen molar-refractivity contribution in [2.45, 2.75) is 127 Å². The summed E-state index contributed by atoms with van der Waals surface area (Å²) in [7, 11) is 0. The van der Waals surface area contributed by atoms with Crippen LogP contribution in [0, 0.1) is 17.3 Å². The van der Waals surface area contributed by atoms with Gasteiger partial charge in [-0.15, -0.1) is 0 Å². The largest absolute Gasteiger partial charge is 0.376 e. The first-order valence-corrected chi connectivity index (χ1v) is 13.7. The minimum Gasteiger partial charge on any atom is -0.376 e. The molecule has 0 aromatic carbocycles. The monoisotopic (exact) mass is 501 g/mol. The summed E-state index contributed by atoms with van der Waals surface area (Å²) >= 11 is 0. The van der Waals surface area contributed by atoms with E-state index in [0.29, 0.717) is 12.3 Å². The molecule has 1 rings (SSSR count). The van der Waals surface area contributed by atoms with Gasteiger partial charge in [0.25, 0.3) is 0 Å². The van der Waals surface area contributed by atoms with E-state index in [9.17, 15) is 9.59 Å². The van der Waals surface area contributed by atoms with Crippen LogP contribution in [-0.4, -0.2) is 61.1 Å². The van der Waals surface area contributed by atoms with Crippen LogP contribution in [-0.2, 0) is 14.3 Å². The van der Waals surface area contributed by atoms with E-state index in [1.54, 1.807) is 4.90 Å². The number of amides is 2. The third-order valence-electron chi connectivity index (χ3n) is 4.57. The number of ether oxygens (including phenoxy) is 1. The van der Waals surface area contributed by atoms with Crippen LogP contribution in [0.2, 0.25) is 0 Å². The summed E-state index contributed by atoms with van der Waals surface area (Å²) in [6.07, 6.45) is 3.68. The van der Waals surface area contributed by atoms with E-state index in [4.69, 9.17) is 4.74 Å². The van der Waals surface area contributed by atoms with Crippen molar-refractivity contribution in [2.75, 3.05) is 32.8 Å². The zero-order valence-corrected chi connectivity index (χ0v) is 26.1. The molecule has 35 heavy (non-hydrogen) atoms. The van der Waals surface area contributed by atoms with Gasteiger partial charge in [-0.3, -0.25) is 9.59 Å².